The van der Waals surface area contributed by atoms with Crippen LogP contribution >= 0.6 is 0 Å². The molecule has 1 aliphatic rings. The van der Waals surface area contributed by atoms with Gasteiger partial charge in [-0.3, -0.25) is 4.79 Å². The third kappa shape index (κ3) is 2.95. The summed E-state index contributed by atoms with van der Waals surface area (Å²) >= 11 is 0. The number of carbonyl (C=O) groups excluding carboxylic acids is 1. The molecule has 0 bridgehead atoms. The molecule has 1 N–H and O–H groups in total. The monoisotopic (exact) mass is 249 g/mol. The van der Waals surface area contributed by atoms with Crippen LogP contribution in [0.25, 0.3) is 0 Å². The molecule has 1 aliphatic heterocycles. The van der Waals surface area contributed by atoms with E-state index in [-0.39, 0.29) is 11.4 Å². The predicted molar refractivity (Wildman–Crippen MR) is 71.4 cm³/mol. The van der Waals surface area contributed by atoms with Crippen LogP contribution in [-0.4, -0.2) is 11.4 Å². The fraction of sp³-hybridized carbons (Fsp3) is 0.667. The molecule has 1 amide bonds. The normalized spacial score (nSPS) is 23.7. The fourth-order valence-corrected chi connectivity index (χ4v) is 2.95. The Morgan fingerprint density at radius 1 is 1.39 bits per heavy atom. The Bertz CT molecular complexity index is 422. The van der Waals surface area contributed by atoms with E-state index in [1.165, 1.54) is 0 Å². The van der Waals surface area contributed by atoms with Gasteiger partial charge in [0.1, 0.15) is 11.5 Å². The van der Waals surface area contributed by atoms with Gasteiger partial charge < -0.3 is 9.73 Å². The molecule has 1 fully saturated rings. The molecule has 1 atom stereocenters. The highest BCUT2D eigenvalue weighted by Gasteiger charge is 2.38. The molecule has 1 unspecified atom stereocenters. The van der Waals surface area contributed by atoms with Crippen LogP contribution in [0.5, 0.6) is 0 Å². The zero-order valence-electron chi connectivity index (χ0n) is 11.6. The number of hydrogen-bond donors (Lipinski definition) is 1. The molecule has 3 nitrogen and oxygen atoms in total. The fourth-order valence-electron chi connectivity index (χ4n) is 2.95. The maximum atomic E-state index is 11.6. The standard InChI is InChI=1S/C15H23NO2/c1-4-12-5-6-13(18-12)10-15(9-11(2)3)8-7-14(17)16-15/h5-6,11H,4,7-10H2,1-3H3,(H,16,17). The van der Waals surface area contributed by atoms with Gasteiger partial charge >= 0.3 is 0 Å². The van der Waals surface area contributed by atoms with Gasteiger partial charge in [-0.15, -0.1) is 0 Å². The minimum atomic E-state index is -0.0892. The zero-order chi connectivity index (χ0) is 13.2. The Labute approximate surface area is 109 Å². The molecule has 1 aromatic rings. The maximum Gasteiger partial charge on any atom is 0.220 e. The average molecular weight is 249 g/mol. The number of amides is 1. The maximum absolute atomic E-state index is 11.6. The predicted octanol–water partition coefficient (Wildman–Crippen LogP) is 3.08. The minimum Gasteiger partial charge on any atom is -0.466 e. The molecule has 3 heteroatoms. The molecule has 1 saturated heterocycles. The van der Waals surface area contributed by atoms with E-state index < -0.39 is 0 Å². The summed E-state index contributed by atoms with van der Waals surface area (Å²) in [5.74, 6) is 2.77. The minimum absolute atomic E-state index is 0.0892. The van der Waals surface area contributed by atoms with E-state index in [4.69, 9.17) is 4.42 Å². The number of aryl methyl sites for hydroxylation is 1. The van der Waals surface area contributed by atoms with Gasteiger partial charge in [-0.1, -0.05) is 20.8 Å². The van der Waals surface area contributed by atoms with Crippen molar-refractivity contribution in [2.45, 2.75) is 58.4 Å². The highest BCUT2D eigenvalue weighted by atomic mass is 16.3. The van der Waals surface area contributed by atoms with Gasteiger partial charge in [0.25, 0.3) is 0 Å². The Hall–Kier alpha value is -1.25. The van der Waals surface area contributed by atoms with Crippen molar-refractivity contribution in [3.05, 3.63) is 23.7 Å². The SMILES string of the molecule is CCc1ccc(CC2(CC(C)C)CCC(=O)N2)o1. The molecular weight excluding hydrogens is 226 g/mol. The molecular formula is C15H23NO2. The largest absolute Gasteiger partial charge is 0.466 e. The second-order valence-electron chi connectivity index (χ2n) is 5.82. The summed E-state index contributed by atoms with van der Waals surface area (Å²) < 4.78 is 5.79. The van der Waals surface area contributed by atoms with Gasteiger partial charge in [0.05, 0.1) is 0 Å². The van der Waals surface area contributed by atoms with Gasteiger partial charge in [-0.2, -0.15) is 0 Å². The van der Waals surface area contributed by atoms with Gasteiger partial charge in [-0.25, -0.2) is 0 Å². The molecule has 2 heterocycles. The number of furan rings is 1. The van der Waals surface area contributed by atoms with Crippen LogP contribution < -0.4 is 5.32 Å². The Morgan fingerprint density at radius 2 is 2.11 bits per heavy atom. The van der Waals surface area contributed by atoms with Crippen LogP contribution in [0.4, 0.5) is 0 Å². The van der Waals surface area contributed by atoms with E-state index in [0.29, 0.717) is 12.3 Å². The molecule has 0 aromatic carbocycles. The van der Waals surface area contributed by atoms with Crippen molar-refractivity contribution >= 4 is 5.91 Å². The smallest absolute Gasteiger partial charge is 0.220 e. The summed E-state index contributed by atoms with van der Waals surface area (Å²) in [5.41, 5.74) is -0.0892. The quantitative estimate of drug-likeness (QED) is 0.871. The number of nitrogens with one attached hydrogen (secondary N) is 1. The lowest BCUT2D eigenvalue weighted by atomic mass is 9.84. The average Bonchev–Trinajstić information content (AvgIpc) is 2.86. The molecule has 0 radical (unpaired) electrons. The van der Waals surface area contributed by atoms with Crippen LogP contribution in [0.2, 0.25) is 0 Å². The van der Waals surface area contributed by atoms with Gasteiger partial charge in [-0.05, 0) is 30.9 Å². The van der Waals surface area contributed by atoms with Crippen molar-refractivity contribution < 1.29 is 9.21 Å². The lowest BCUT2D eigenvalue weighted by Crippen LogP contribution is -2.44. The first kappa shape index (κ1) is 13.2. The van der Waals surface area contributed by atoms with E-state index >= 15 is 0 Å². The van der Waals surface area contributed by atoms with Crippen LogP contribution in [0.1, 0.15) is 51.6 Å². The third-order valence-electron chi connectivity index (χ3n) is 3.61. The molecule has 2 rings (SSSR count). The summed E-state index contributed by atoms with van der Waals surface area (Å²) in [6.45, 7) is 6.49. The zero-order valence-corrected chi connectivity index (χ0v) is 11.6. The van der Waals surface area contributed by atoms with Gasteiger partial charge in [0, 0.05) is 24.8 Å². The van der Waals surface area contributed by atoms with Crippen molar-refractivity contribution in [1.82, 2.24) is 5.32 Å². The number of hydrogen-bond acceptors (Lipinski definition) is 2. The molecule has 1 aromatic heterocycles. The second-order valence-corrected chi connectivity index (χ2v) is 5.82. The van der Waals surface area contributed by atoms with Crippen LogP contribution in [0.15, 0.2) is 16.5 Å². The van der Waals surface area contributed by atoms with Crippen molar-refractivity contribution in [2.24, 2.45) is 5.92 Å². The van der Waals surface area contributed by atoms with E-state index in [1.54, 1.807) is 0 Å². The molecule has 0 spiro atoms. The lowest BCUT2D eigenvalue weighted by molar-refractivity contribution is -0.119. The summed E-state index contributed by atoms with van der Waals surface area (Å²) in [5, 5.41) is 3.18. The number of carbonyl (C=O) groups is 1. The summed E-state index contributed by atoms with van der Waals surface area (Å²) in [6, 6.07) is 4.08. The number of rotatable bonds is 5. The van der Waals surface area contributed by atoms with E-state index in [1.807, 2.05) is 12.1 Å². The highest BCUT2D eigenvalue weighted by molar-refractivity contribution is 5.79. The molecule has 100 valence electrons. The topological polar surface area (TPSA) is 42.2 Å². The van der Waals surface area contributed by atoms with Crippen LogP contribution in [0.3, 0.4) is 0 Å². The van der Waals surface area contributed by atoms with E-state index in [2.05, 4.69) is 26.1 Å². The van der Waals surface area contributed by atoms with Crippen molar-refractivity contribution in [2.75, 3.05) is 0 Å². The van der Waals surface area contributed by atoms with E-state index in [9.17, 15) is 4.79 Å². The van der Waals surface area contributed by atoms with Crippen LogP contribution in [0, 0.1) is 5.92 Å². The Morgan fingerprint density at radius 3 is 2.61 bits per heavy atom. The lowest BCUT2D eigenvalue weighted by Gasteiger charge is -2.30. The third-order valence-corrected chi connectivity index (χ3v) is 3.61. The van der Waals surface area contributed by atoms with Crippen molar-refractivity contribution in [1.29, 1.82) is 0 Å². The second kappa shape index (κ2) is 5.17. The van der Waals surface area contributed by atoms with Crippen molar-refractivity contribution in [3.8, 4) is 0 Å². The first-order valence-electron chi connectivity index (χ1n) is 6.91. The van der Waals surface area contributed by atoms with Gasteiger partial charge in [0.15, 0.2) is 0 Å². The van der Waals surface area contributed by atoms with Gasteiger partial charge in [0.2, 0.25) is 5.91 Å². The first-order chi connectivity index (χ1) is 8.53. The Balaban J connectivity index is 2.12. The first-order valence-corrected chi connectivity index (χ1v) is 6.91. The summed E-state index contributed by atoms with van der Waals surface area (Å²) in [6.07, 6.45) is 4.32. The summed E-state index contributed by atoms with van der Waals surface area (Å²) in [7, 11) is 0. The molecule has 0 aliphatic carbocycles. The Kier molecular flexibility index (Phi) is 3.79. The van der Waals surface area contributed by atoms with E-state index in [0.717, 1.165) is 37.2 Å². The molecule has 0 saturated carbocycles. The van der Waals surface area contributed by atoms with Crippen LogP contribution in [-0.2, 0) is 17.6 Å². The highest BCUT2D eigenvalue weighted by Crippen LogP contribution is 2.31. The van der Waals surface area contributed by atoms with Crippen molar-refractivity contribution in [3.63, 3.8) is 0 Å². The summed E-state index contributed by atoms with van der Waals surface area (Å²) in [4.78, 5) is 11.6. The molecule has 18 heavy (non-hydrogen) atoms.